The Kier molecular flexibility index (Phi) is 5.29. The van der Waals surface area contributed by atoms with Crippen molar-refractivity contribution in [3.8, 4) is 10.6 Å². The summed E-state index contributed by atoms with van der Waals surface area (Å²) in [6.07, 6.45) is 1.89. The summed E-state index contributed by atoms with van der Waals surface area (Å²) in [4.78, 5) is 9.38. The van der Waals surface area contributed by atoms with Crippen LogP contribution in [-0.2, 0) is 0 Å². The topological polar surface area (TPSA) is 37.3 Å². The summed E-state index contributed by atoms with van der Waals surface area (Å²) in [5, 5.41) is 4.43. The average molecular weight is 420 g/mol. The fraction of sp³-hybridized carbons (Fsp3) is 0.0370. The maximum Gasteiger partial charge on any atom is 0.124 e. The van der Waals surface area contributed by atoms with Crippen LogP contribution in [0.5, 0.6) is 0 Å². The van der Waals surface area contributed by atoms with Gasteiger partial charge in [-0.1, -0.05) is 36.4 Å². The van der Waals surface area contributed by atoms with Crippen LogP contribution in [0, 0.1) is 6.92 Å². The van der Waals surface area contributed by atoms with Gasteiger partial charge in [0.15, 0.2) is 0 Å². The van der Waals surface area contributed by atoms with Crippen LogP contribution in [0.25, 0.3) is 20.8 Å². The van der Waals surface area contributed by atoms with Gasteiger partial charge in [-0.15, -0.1) is 11.3 Å². The largest absolute Gasteiger partial charge is 0.356 e. The summed E-state index contributed by atoms with van der Waals surface area (Å²) in [7, 11) is 0. The molecule has 150 valence electrons. The summed E-state index contributed by atoms with van der Waals surface area (Å²) in [5.74, 6) is 0. The van der Waals surface area contributed by atoms with Crippen molar-refractivity contribution in [2.24, 2.45) is 4.99 Å². The van der Waals surface area contributed by atoms with Crippen molar-refractivity contribution in [3.05, 3.63) is 108 Å². The highest BCUT2D eigenvalue weighted by atomic mass is 32.1. The summed E-state index contributed by atoms with van der Waals surface area (Å²) >= 11 is 1.73. The quantitative estimate of drug-likeness (QED) is 0.295. The predicted octanol–water partition coefficient (Wildman–Crippen LogP) is 7.77. The van der Waals surface area contributed by atoms with E-state index in [1.807, 2.05) is 36.5 Å². The third kappa shape index (κ3) is 4.55. The minimum absolute atomic E-state index is 0.923. The lowest BCUT2D eigenvalue weighted by Gasteiger charge is -2.06. The van der Waals surface area contributed by atoms with Gasteiger partial charge in [-0.3, -0.25) is 4.99 Å². The number of thiazole rings is 1. The van der Waals surface area contributed by atoms with Crippen LogP contribution in [0.1, 0.15) is 11.1 Å². The van der Waals surface area contributed by atoms with Gasteiger partial charge in [-0.05, 0) is 78.7 Å². The Morgan fingerprint density at radius 1 is 0.806 bits per heavy atom. The SMILES string of the molecule is Cc1ccc2nc(-c3ccc(N=Cc4ccc(Nc5ccccc5)cc4)cc3)sc2c1. The molecule has 31 heavy (non-hydrogen) atoms. The maximum atomic E-state index is 4.76. The first kappa shape index (κ1) is 19.2. The summed E-state index contributed by atoms with van der Waals surface area (Å²) in [5.41, 5.74) is 7.55. The van der Waals surface area contributed by atoms with Gasteiger partial charge in [-0.25, -0.2) is 4.98 Å². The number of rotatable bonds is 5. The van der Waals surface area contributed by atoms with Crippen molar-refractivity contribution in [1.82, 2.24) is 4.98 Å². The smallest absolute Gasteiger partial charge is 0.124 e. The highest BCUT2D eigenvalue weighted by Gasteiger charge is 2.06. The molecule has 0 bridgehead atoms. The molecule has 0 spiro atoms. The molecule has 5 rings (SSSR count). The van der Waals surface area contributed by atoms with E-state index in [4.69, 9.17) is 4.98 Å². The Morgan fingerprint density at radius 3 is 2.32 bits per heavy atom. The Morgan fingerprint density at radius 2 is 1.55 bits per heavy atom. The number of nitrogens with one attached hydrogen (secondary N) is 1. The van der Waals surface area contributed by atoms with Crippen LogP contribution in [-0.4, -0.2) is 11.2 Å². The van der Waals surface area contributed by atoms with E-state index in [-0.39, 0.29) is 0 Å². The molecule has 4 aromatic carbocycles. The van der Waals surface area contributed by atoms with Crippen molar-refractivity contribution >= 4 is 44.8 Å². The molecule has 0 atom stereocenters. The van der Waals surface area contributed by atoms with Crippen molar-refractivity contribution in [1.29, 1.82) is 0 Å². The van der Waals surface area contributed by atoms with E-state index in [0.717, 1.165) is 38.7 Å². The molecule has 1 heterocycles. The molecule has 0 aliphatic heterocycles. The maximum absolute atomic E-state index is 4.76. The number of fused-ring (bicyclic) bond motifs is 1. The zero-order valence-electron chi connectivity index (χ0n) is 17.1. The lowest BCUT2D eigenvalue weighted by Crippen LogP contribution is -1.90. The van der Waals surface area contributed by atoms with E-state index < -0.39 is 0 Å². The van der Waals surface area contributed by atoms with E-state index in [9.17, 15) is 0 Å². The summed E-state index contributed by atoms with van der Waals surface area (Å²) in [6.45, 7) is 2.11. The first-order chi connectivity index (χ1) is 15.2. The van der Waals surface area contributed by atoms with E-state index in [1.54, 1.807) is 11.3 Å². The molecule has 0 aliphatic carbocycles. The van der Waals surface area contributed by atoms with Crippen molar-refractivity contribution in [2.45, 2.75) is 6.92 Å². The van der Waals surface area contributed by atoms with E-state index >= 15 is 0 Å². The Balaban J connectivity index is 1.27. The van der Waals surface area contributed by atoms with E-state index in [1.165, 1.54) is 10.3 Å². The van der Waals surface area contributed by atoms with E-state index in [2.05, 4.69) is 84.0 Å². The first-order valence-corrected chi connectivity index (χ1v) is 11.0. The number of aromatic nitrogens is 1. The van der Waals surface area contributed by atoms with Gasteiger partial charge in [0.05, 0.1) is 15.9 Å². The zero-order chi connectivity index (χ0) is 21.0. The lowest BCUT2D eigenvalue weighted by atomic mass is 10.2. The van der Waals surface area contributed by atoms with Gasteiger partial charge in [0.1, 0.15) is 5.01 Å². The van der Waals surface area contributed by atoms with Gasteiger partial charge >= 0.3 is 0 Å². The molecule has 0 fully saturated rings. The molecular formula is C27H21N3S. The van der Waals surface area contributed by atoms with Gasteiger partial charge in [0.2, 0.25) is 0 Å². The van der Waals surface area contributed by atoms with Crippen LogP contribution in [0.2, 0.25) is 0 Å². The van der Waals surface area contributed by atoms with E-state index in [0.29, 0.717) is 0 Å². The molecule has 3 nitrogen and oxygen atoms in total. The van der Waals surface area contributed by atoms with Gasteiger partial charge < -0.3 is 5.32 Å². The fourth-order valence-electron chi connectivity index (χ4n) is 3.34. The highest BCUT2D eigenvalue weighted by Crippen LogP contribution is 2.31. The number of aryl methyl sites for hydroxylation is 1. The number of aliphatic imine (C=N–C) groups is 1. The second-order valence-corrected chi connectivity index (χ2v) is 8.44. The minimum Gasteiger partial charge on any atom is -0.356 e. The second kappa shape index (κ2) is 8.54. The van der Waals surface area contributed by atoms with Gasteiger partial charge in [-0.2, -0.15) is 0 Å². The van der Waals surface area contributed by atoms with Gasteiger partial charge in [0.25, 0.3) is 0 Å². The van der Waals surface area contributed by atoms with Crippen molar-refractivity contribution in [2.75, 3.05) is 5.32 Å². The van der Waals surface area contributed by atoms with Crippen molar-refractivity contribution < 1.29 is 0 Å². The third-order valence-corrected chi connectivity index (χ3v) is 6.06. The van der Waals surface area contributed by atoms with Crippen molar-refractivity contribution in [3.63, 3.8) is 0 Å². The number of hydrogen-bond acceptors (Lipinski definition) is 4. The Hall–Kier alpha value is -3.76. The zero-order valence-corrected chi connectivity index (χ0v) is 17.9. The van der Waals surface area contributed by atoms with Crippen LogP contribution in [0.3, 0.4) is 0 Å². The molecule has 0 aliphatic rings. The Bertz CT molecular complexity index is 1340. The molecule has 0 saturated carbocycles. The van der Waals surface area contributed by atoms with Crippen LogP contribution >= 0.6 is 11.3 Å². The number of para-hydroxylation sites is 1. The highest BCUT2D eigenvalue weighted by molar-refractivity contribution is 7.21. The molecule has 0 radical (unpaired) electrons. The molecule has 1 aromatic heterocycles. The number of hydrogen-bond donors (Lipinski definition) is 1. The number of benzene rings is 4. The molecule has 1 N–H and O–H groups in total. The van der Waals surface area contributed by atoms with Gasteiger partial charge in [0, 0.05) is 23.2 Å². The fourth-order valence-corrected chi connectivity index (χ4v) is 4.40. The summed E-state index contributed by atoms with van der Waals surface area (Å²) in [6, 6.07) is 33.0. The molecule has 0 amide bonds. The average Bonchev–Trinajstić information content (AvgIpc) is 3.23. The van der Waals surface area contributed by atoms with Crippen LogP contribution in [0.15, 0.2) is 102 Å². The minimum atomic E-state index is 0.923. The molecular weight excluding hydrogens is 398 g/mol. The van der Waals surface area contributed by atoms with Crippen LogP contribution in [0.4, 0.5) is 17.1 Å². The number of anilines is 2. The molecule has 4 heteroatoms. The molecule has 0 unspecified atom stereocenters. The lowest BCUT2D eigenvalue weighted by molar-refractivity contribution is 1.45. The second-order valence-electron chi connectivity index (χ2n) is 7.41. The molecule has 0 saturated heterocycles. The molecule has 5 aromatic rings. The normalized spacial score (nSPS) is 11.3. The Labute approximate surface area is 185 Å². The van der Waals surface area contributed by atoms with Crippen LogP contribution < -0.4 is 5.32 Å². The summed E-state index contributed by atoms with van der Waals surface area (Å²) < 4.78 is 1.22. The predicted molar refractivity (Wildman–Crippen MR) is 133 cm³/mol. The third-order valence-electron chi connectivity index (χ3n) is 4.99. The monoisotopic (exact) mass is 419 g/mol. The standard InChI is InChI=1S/C27H21N3S/c1-19-7-16-25-26(17-19)31-27(30-25)21-10-14-22(15-11-21)28-18-20-8-12-24(13-9-20)29-23-5-3-2-4-6-23/h2-18,29H,1H3. The number of nitrogens with zero attached hydrogens (tertiary/aromatic N) is 2. The first-order valence-electron chi connectivity index (χ1n) is 10.2.